The van der Waals surface area contributed by atoms with E-state index in [-0.39, 0.29) is 11.3 Å². The Morgan fingerprint density at radius 1 is 1.26 bits per heavy atom. The van der Waals surface area contributed by atoms with Crippen LogP contribution in [0.4, 0.5) is 0 Å². The van der Waals surface area contributed by atoms with Crippen LogP contribution in [-0.4, -0.2) is 19.0 Å². The van der Waals surface area contributed by atoms with E-state index in [4.69, 9.17) is 5.73 Å². The lowest BCUT2D eigenvalue weighted by Crippen LogP contribution is -2.36. The molecule has 1 aromatic rings. The van der Waals surface area contributed by atoms with Gasteiger partial charge in [0, 0.05) is 24.9 Å². The molecule has 1 atom stereocenters. The summed E-state index contributed by atoms with van der Waals surface area (Å²) in [5.41, 5.74) is 8.62. The molecule has 0 bridgehead atoms. The summed E-state index contributed by atoms with van der Waals surface area (Å²) >= 11 is 0. The maximum Gasteiger partial charge on any atom is 0.220 e. The van der Waals surface area contributed by atoms with E-state index >= 15 is 0 Å². The molecule has 1 aliphatic heterocycles. The molecule has 104 valence electrons. The molecule has 1 fully saturated rings. The first kappa shape index (κ1) is 14.1. The van der Waals surface area contributed by atoms with E-state index in [1.807, 2.05) is 0 Å². The van der Waals surface area contributed by atoms with Crippen molar-refractivity contribution in [3.8, 4) is 0 Å². The van der Waals surface area contributed by atoms with E-state index in [1.54, 1.807) is 0 Å². The van der Waals surface area contributed by atoms with E-state index < -0.39 is 0 Å². The molecule has 0 aromatic heterocycles. The molecule has 1 unspecified atom stereocenters. The van der Waals surface area contributed by atoms with E-state index in [9.17, 15) is 4.79 Å². The van der Waals surface area contributed by atoms with Crippen LogP contribution in [0.1, 0.15) is 50.2 Å². The second-order valence-corrected chi connectivity index (χ2v) is 5.86. The first-order chi connectivity index (χ1) is 9.07. The molecule has 0 saturated carbocycles. The Hall–Kier alpha value is -1.35. The van der Waals surface area contributed by atoms with Crippen LogP contribution in [0.2, 0.25) is 0 Å². The topological polar surface area (TPSA) is 55.1 Å². The van der Waals surface area contributed by atoms with E-state index in [0.29, 0.717) is 18.9 Å². The zero-order valence-electron chi connectivity index (χ0n) is 11.9. The van der Waals surface area contributed by atoms with Crippen LogP contribution < -0.4 is 11.1 Å². The van der Waals surface area contributed by atoms with Crippen molar-refractivity contribution in [3.63, 3.8) is 0 Å². The number of amides is 1. The van der Waals surface area contributed by atoms with Gasteiger partial charge in [-0.15, -0.1) is 0 Å². The van der Waals surface area contributed by atoms with Crippen LogP contribution in [0, 0.1) is 0 Å². The first-order valence-corrected chi connectivity index (χ1v) is 7.14. The predicted molar refractivity (Wildman–Crippen MR) is 78.1 cm³/mol. The molecule has 19 heavy (non-hydrogen) atoms. The largest absolute Gasteiger partial charge is 0.356 e. The fourth-order valence-corrected chi connectivity index (χ4v) is 2.84. The minimum Gasteiger partial charge on any atom is -0.356 e. The molecule has 2 rings (SSSR count). The third-order valence-corrected chi connectivity index (χ3v) is 4.34. The Morgan fingerprint density at radius 2 is 1.95 bits per heavy atom. The molecule has 0 radical (unpaired) electrons. The summed E-state index contributed by atoms with van der Waals surface area (Å²) in [6, 6.07) is 8.77. The Kier molecular flexibility index (Phi) is 4.25. The van der Waals surface area contributed by atoms with Crippen molar-refractivity contribution in [1.29, 1.82) is 0 Å². The van der Waals surface area contributed by atoms with Gasteiger partial charge in [-0.1, -0.05) is 38.1 Å². The molecular formula is C16H24N2O. The Bertz CT molecular complexity index is 439. The minimum atomic E-state index is -0.0470. The molecule has 0 aliphatic carbocycles. The van der Waals surface area contributed by atoms with Gasteiger partial charge in [-0.25, -0.2) is 0 Å². The fraction of sp³-hybridized carbons (Fsp3) is 0.562. The van der Waals surface area contributed by atoms with Gasteiger partial charge in [-0.05, 0) is 29.9 Å². The van der Waals surface area contributed by atoms with Crippen LogP contribution >= 0.6 is 0 Å². The maximum absolute atomic E-state index is 11.5. The normalized spacial score (nSPS) is 24.1. The monoisotopic (exact) mass is 260 g/mol. The number of hydrogen-bond donors (Lipinski definition) is 2. The number of carbonyl (C=O) groups is 1. The van der Waals surface area contributed by atoms with Gasteiger partial charge in [-0.2, -0.15) is 0 Å². The average molecular weight is 260 g/mol. The molecule has 3 N–H and O–H groups in total. The summed E-state index contributed by atoms with van der Waals surface area (Å²) in [6.07, 6.45) is 2.34. The lowest BCUT2D eigenvalue weighted by atomic mass is 9.74. The highest BCUT2D eigenvalue weighted by atomic mass is 16.1. The summed E-state index contributed by atoms with van der Waals surface area (Å²) in [5, 5.41) is 2.94. The average Bonchev–Trinajstić information content (AvgIpc) is 2.61. The highest BCUT2D eigenvalue weighted by Crippen LogP contribution is 2.34. The number of nitrogens with two attached hydrogens (primary N) is 1. The van der Waals surface area contributed by atoms with E-state index in [1.165, 1.54) is 11.1 Å². The number of carbonyl (C=O) groups excluding carboxylic acids is 1. The minimum absolute atomic E-state index is 0.0470. The van der Waals surface area contributed by atoms with Crippen molar-refractivity contribution in [3.05, 3.63) is 35.4 Å². The third kappa shape index (κ3) is 2.98. The van der Waals surface area contributed by atoms with Crippen molar-refractivity contribution < 1.29 is 4.79 Å². The molecular weight excluding hydrogens is 236 g/mol. The number of benzene rings is 1. The molecule has 1 aliphatic rings. The van der Waals surface area contributed by atoms with Gasteiger partial charge in [0.05, 0.1) is 0 Å². The summed E-state index contributed by atoms with van der Waals surface area (Å²) in [5.74, 6) is 0.689. The quantitative estimate of drug-likeness (QED) is 0.876. The fourth-order valence-electron chi connectivity index (χ4n) is 2.84. The highest BCUT2D eigenvalue weighted by Gasteiger charge is 2.33. The number of hydrogen-bond acceptors (Lipinski definition) is 2. The van der Waals surface area contributed by atoms with Gasteiger partial charge in [0.1, 0.15) is 0 Å². The van der Waals surface area contributed by atoms with Gasteiger partial charge in [0.15, 0.2) is 0 Å². The predicted octanol–water partition coefficient (Wildman–Crippen LogP) is 2.31. The second-order valence-electron chi connectivity index (χ2n) is 5.86. The van der Waals surface area contributed by atoms with Gasteiger partial charge in [0.2, 0.25) is 5.91 Å². The molecule has 1 heterocycles. The standard InChI is InChI=1S/C16H24N2O/c1-12(2)13-3-5-14(6-4-13)16(11-17)8-7-15(19)18-10-9-16/h3-6,12H,7-11,17H2,1-2H3,(H,18,19). The van der Waals surface area contributed by atoms with Crippen molar-refractivity contribution in [2.24, 2.45) is 5.73 Å². The lowest BCUT2D eigenvalue weighted by Gasteiger charge is -2.31. The maximum atomic E-state index is 11.5. The van der Waals surface area contributed by atoms with Gasteiger partial charge < -0.3 is 11.1 Å². The summed E-state index contributed by atoms with van der Waals surface area (Å²) < 4.78 is 0. The van der Waals surface area contributed by atoms with Gasteiger partial charge in [0.25, 0.3) is 0 Å². The van der Waals surface area contributed by atoms with Crippen LogP contribution in [0.3, 0.4) is 0 Å². The Labute approximate surface area is 115 Å². The van der Waals surface area contributed by atoms with Crippen LogP contribution in [0.5, 0.6) is 0 Å². The zero-order chi connectivity index (χ0) is 13.9. The molecule has 3 heteroatoms. The van der Waals surface area contributed by atoms with Gasteiger partial charge in [-0.3, -0.25) is 4.79 Å². The smallest absolute Gasteiger partial charge is 0.220 e. The number of nitrogens with one attached hydrogen (secondary N) is 1. The van der Waals surface area contributed by atoms with Crippen molar-refractivity contribution in [2.45, 2.75) is 44.4 Å². The van der Waals surface area contributed by atoms with Crippen molar-refractivity contribution in [1.82, 2.24) is 5.32 Å². The van der Waals surface area contributed by atoms with Crippen LogP contribution in [0.15, 0.2) is 24.3 Å². The lowest BCUT2D eigenvalue weighted by molar-refractivity contribution is -0.120. The summed E-state index contributed by atoms with van der Waals surface area (Å²) in [7, 11) is 0. The zero-order valence-corrected chi connectivity index (χ0v) is 11.9. The highest BCUT2D eigenvalue weighted by molar-refractivity contribution is 5.76. The molecule has 1 saturated heterocycles. The van der Waals surface area contributed by atoms with Crippen LogP contribution in [-0.2, 0) is 10.2 Å². The third-order valence-electron chi connectivity index (χ3n) is 4.34. The second kappa shape index (κ2) is 5.74. The van der Waals surface area contributed by atoms with Crippen molar-refractivity contribution >= 4 is 5.91 Å². The number of rotatable bonds is 3. The summed E-state index contributed by atoms with van der Waals surface area (Å²) in [4.78, 5) is 11.5. The van der Waals surface area contributed by atoms with Crippen LogP contribution in [0.25, 0.3) is 0 Å². The molecule has 3 nitrogen and oxygen atoms in total. The van der Waals surface area contributed by atoms with E-state index in [0.717, 1.165) is 19.4 Å². The van der Waals surface area contributed by atoms with Gasteiger partial charge >= 0.3 is 0 Å². The van der Waals surface area contributed by atoms with E-state index in [2.05, 4.69) is 43.4 Å². The summed E-state index contributed by atoms with van der Waals surface area (Å²) in [6.45, 7) is 5.72. The van der Waals surface area contributed by atoms with Crippen molar-refractivity contribution in [2.75, 3.05) is 13.1 Å². The molecule has 1 aromatic carbocycles. The molecule has 0 spiro atoms. The molecule has 1 amide bonds. The first-order valence-electron chi connectivity index (χ1n) is 7.14. The SMILES string of the molecule is CC(C)c1ccc(C2(CN)CCNC(=O)CC2)cc1. The Balaban J connectivity index is 2.27. The Morgan fingerprint density at radius 3 is 2.53 bits per heavy atom.